The normalized spacial score (nSPS) is 15.7. The van der Waals surface area contributed by atoms with Gasteiger partial charge in [0.15, 0.2) is 0 Å². The van der Waals surface area contributed by atoms with Crippen LogP contribution in [0.25, 0.3) is 0 Å². The van der Waals surface area contributed by atoms with E-state index in [1.54, 1.807) is 4.57 Å². The van der Waals surface area contributed by atoms with Crippen molar-refractivity contribution in [3.05, 3.63) is 52.2 Å². The minimum Gasteiger partial charge on any atom is -0.348 e. The zero-order valence-corrected chi connectivity index (χ0v) is 16.6. The van der Waals surface area contributed by atoms with Crippen molar-refractivity contribution in [1.29, 1.82) is 0 Å². The number of fused-ring (bicyclic) bond motifs is 1. The summed E-state index contributed by atoms with van der Waals surface area (Å²) in [4.78, 5) is 25.3. The van der Waals surface area contributed by atoms with Crippen LogP contribution in [0, 0.1) is 5.41 Å². The first-order chi connectivity index (χ1) is 12.8. The molecular formula is C21H30N4O2. The Morgan fingerprint density at radius 2 is 1.93 bits per heavy atom. The summed E-state index contributed by atoms with van der Waals surface area (Å²) < 4.78 is 3.04. The van der Waals surface area contributed by atoms with E-state index in [-0.39, 0.29) is 29.6 Å². The number of hydrogen-bond acceptors (Lipinski definition) is 3. The molecule has 1 unspecified atom stereocenters. The zero-order chi connectivity index (χ0) is 19.4. The fraction of sp³-hybridized carbons (Fsp3) is 0.571. The molecule has 3 rings (SSSR count). The minimum absolute atomic E-state index is 0.0354. The third-order valence-electron chi connectivity index (χ3n) is 4.93. The van der Waals surface area contributed by atoms with Crippen LogP contribution in [-0.2, 0) is 24.3 Å². The molecule has 1 amide bonds. The number of nitrogens with one attached hydrogen (secondary N) is 1. The lowest BCUT2D eigenvalue weighted by atomic mass is 9.85. The van der Waals surface area contributed by atoms with Crippen LogP contribution >= 0.6 is 0 Å². The predicted molar refractivity (Wildman–Crippen MR) is 105 cm³/mol. The smallest absolute Gasteiger partial charge is 0.346 e. The van der Waals surface area contributed by atoms with Crippen molar-refractivity contribution in [1.82, 2.24) is 19.7 Å². The monoisotopic (exact) mass is 370 g/mol. The van der Waals surface area contributed by atoms with E-state index >= 15 is 0 Å². The molecule has 0 bridgehead atoms. The van der Waals surface area contributed by atoms with Crippen LogP contribution in [0.5, 0.6) is 0 Å². The van der Waals surface area contributed by atoms with Crippen molar-refractivity contribution < 1.29 is 4.79 Å². The van der Waals surface area contributed by atoms with Crippen molar-refractivity contribution in [2.75, 3.05) is 0 Å². The fourth-order valence-corrected chi connectivity index (χ4v) is 3.65. The van der Waals surface area contributed by atoms with Gasteiger partial charge in [-0.2, -0.15) is 5.10 Å². The molecular weight excluding hydrogens is 340 g/mol. The highest BCUT2D eigenvalue weighted by atomic mass is 16.2. The number of hydrogen-bond donors (Lipinski definition) is 1. The van der Waals surface area contributed by atoms with Gasteiger partial charge in [-0.05, 0) is 30.2 Å². The van der Waals surface area contributed by atoms with E-state index in [1.165, 1.54) is 4.68 Å². The van der Waals surface area contributed by atoms with E-state index in [1.807, 2.05) is 30.3 Å². The van der Waals surface area contributed by atoms with Crippen molar-refractivity contribution in [3.63, 3.8) is 0 Å². The molecule has 1 aromatic heterocycles. The molecule has 0 fully saturated rings. The molecule has 0 saturated heterocycles. The summed E-state index contributed by atoms with van der Waals surface area (Å²) in [5, 5.41) is 7.52. The summed E-state index contributed by atoms with van der Waals surface area (Å²) in [6.45, 7) is 7.14. The molecule has 6 heteroatoms. The van der Waals surface area contributed by atoms with Gasteiger partial charge in [-0.15, -0.1) is 0 Å². The molecule has 0 radical (unpaired) electrons. The lowest BCUT2D eigenvalue weighted by Gasteiger charge is -2.27. The second kappa shape index (κ2) is 8.11. The number of nitrogens with zero attached hydrogens (tertiary/aromatic N) is 3. The highest BCUT2D eigenvalue weighted by Crippen LogP contribution is 2.29. The average Bonchev–Trinajstić information content (AvgIpc) is 2.77. The first-order valence-electron chi connectivity index (χ1n) is 9.84. The summed E-state index contributed by atoms with van der Waals surface area (Å²) in [7, 11) is 0. The Hall–Kier alpha value is -2.37. The number of carbonyl (C=O) groups excluding carboxylic acids is 1. The van der Waals surface area contributed by atoms with Crippen LogP contribution in [0.1, 0.15) is 63.9 Å². The zero-order valence-electron chi connectivity index (χ0n) is 16.6. The number of aromatic nitrogens is 3. The van der Waals surface area contributed by atoms with Crippen molar-refractivity contribution >= 4 is 5.91 Å². The number of rotatable bonds is 5. The number of carbonyl (C=O) groups is 1. The van der Waals surface area contributed by atoms with Gasteiger partial charge < -0.3 is 5.32 Å². The predicted octanol–water partition coefficient (Wildman–Crippen LogP) is 3.06. The molecule has 2 heterocycles. The van der Waals surface area contributed by atoms with Gasteiger partial charge in [-0.3, -0.25) is 9.36 Å². The summed E-state index contributed by atoms with van der Waals surface area (Å²) in [5.41, 5.74) is 0.971. The van der Waals surface area contributed by atoms with Gasteiger partial charge in [-0.1, -0.05) is 57.5 Å². The Morgan fingerprint density at radius 1 is 1.19 bits per heavy atom. The summed E-state index contributed by atoms with van der Waals surface area (Å²) >= 11 is 0. The van der Waals surface area contributed by atoms with Crippen LogP contribution in [-0.4, -0.2) is 20.3 Å². The highest BCUT2D eigenvalue weighted by Gasteiger charge is 2.23. The van der Waals surface area contributed by atoms with Gasteiger partial charge in [0.05, 0.1) is 6.04 Å². The van der Waals surface area contributed by atoms with Crippen molar-refractivity contribution in [3.8, 4) is 0 Å². The molecule has 27 heavy (non-hydrogen) atoms. The fourth-order valence-electron chi connectivity index (χ4n) is 3.65. The molecule has 6 nitrogen and oxygen atoms in total. The Balaban J connectivity index is 1.74. The maximum atomic E-state index is 12.7. The third-order valence-corrected chi connectivity index (χ3v) is 4.93. The van der Waals surface area contributed by atoms with Gasteiger partial charge in [0.2, 0.25) is 5.91 Å². The Morgan fingerprint density at radius 3 is 2.63 bits per heavy atom. The molecule has 0 aliphatic carbocycles. The van der Waals surface area contributed by atoms with Gasteiger partial charge in [-0.25, -0.2) is 9.48 Å². The Kier molecular flexibility index (Phi) is 5.82. The van der Waals surface area contributed by atoms with Crippen LogP contribution < -0.4 is 11.0 Å². The van der Waals surface area contributed by atoms with Crippen molar-refractivity contribution in [2.24, 2.45) is 5.41 Å². The maximum Gasteiger partial charge on any atom is 0.346 e. The van der Waals surface area contributed by atoms with Gasteiger partial charge in [0.1, 0.15) is 12.4 Å². The Bertz CT molecular complexity index is 830. The summed E-state index contributed by atoms with van der Waals surface area (Å²) in [6, 6.07) is 9.90. The topological polar surface area (TPSA) is 68.9 Å². The molecule has 1 N–H and O–H groups in total. The quantitative estimate of drug-likeness (QED) is 0.879. The SMILES string of the molecule is CC(C)(C)CC(NC(=O)Cn1nc2n(c1=O)CCCCC2)c1ccccc1. The van der Waals surface area contributed by atoms with Crippen molar-refractivity contribution in [2.45, 2.75) is 72.0 Å². The van der Waals surface area contributed by atoms with Gasteiger partial charge in [0.25, 0.3) is 0 Å². The molecule has 1 aromatic carbocycles. The third kappa shape index (κ3) is 5.08. The van der Waals surface area contributed by atoms with E-state index in [0.717, 1.165) is 43.5 Å². The molecule has 2 aromatic rings. The number of benzene rings is 1. The lowest BCUT2D eigenvalue weighted by molar-refractivity contribution is -0.122. The lowest BCUT2D eigenvalue weighted by Crippen LogP contribution is -2.37. The van der Waals surface area contributed by atoms with Crippen LogP contribution in [0.15, 0.2) is 35.1 Å². The van der Waals surface area contributed by atoms with Gasteiger partial charge >= 0.3 is 5.69 Å². The van der Waals surface area contributed by atoms with Crippen LogP contribution in [0.3, 0.4) is 0 Å². The molecule has 1 aliphatic heterocycles. The first-order valence-corrected chi connectivity index (χ1v) is 9.84. The second-order valence-electron chi connectivity index (χ2n) is 8.61. The maximum absolute atomic E-state index is 12.7. The van der Waals surface area contributed by atoms with E-state index in [2.05, 4.69) is 31.2 Å². The highest BCUT2D eigenvalue weighted by molar-refractivity contribution is 5.76. The summed E-state index contributed by atoms with van der Waals surface area (Å²) in [5.74, 6) is 0.628. The first kappa shape index (κ1) is 19.4. The van der Waals surface area contributed by atoms with Crippen LogP contribution in [0.4, 0.5) is 0 Å². The standard InChI is InChI=1S/C21H30N4O2/c1-21(2,3)14-17(16-10-6-4-7-11-16)22-19(26)15-25-20(27)24-13-9-5-8-12-18(24)23-25/h4,6-7,10-11,17H,5,8-9,12-15H2,1-3H3,(H,22,26). The Labute approximate surface area is 160 Å². The summed E-state index contributed by atoms with van der Waals surface area (Å²) in [6.07, 6.45) is 4.78. The van der Waals surface area contributed by atoms with Gasteiger partial charge in [0, 0.05) is 13.0 Å². The van der Waals surface area contributed by atoms with Crippen LogP contribution in [0.2, 0.25) is 0 Å². The molecule has 1 aliphatic rings. The molecule has 0 spiro atoms. The van der Waals surface area contributed by atoms with E-state index in [0.29, 0.717) is 6.54 Å². The number of amides is 1. The average molecular weight is 370 g/mol. The molecule has 1 atom stereocenters. The molecule has 146 valence electrons. The molecule has 0 saturated carbocycles. The van der Waals surface area contributed by atoms with E-state index in [9.17, 15) is 9.59 Å². The second-order valence-corrected chi connectivity index (χ2v) is 8.61. The largest absolute Gasteiger partial charge is 0.348 e. The van der Waals surface area contributed by atoms with E-state index < -0.39 is 0 Å². The van der Waals surface area contributed by atoms with E-state index in [4.69, 9.17) is 0 Å². The number of aryl methyl sites for hydroxylation is 1. The minimum atomic E-state index is -0.177.